The second-order valence-electron chi connectivity index (χ2n) is 7.15. The van der Waals surface area contributed by atoms with Gasteiger partial charge in [0.15, 0.2) is 5.96 Å². The molecule has 0 spiro atoms. The number of ether oxygens (including phenoxy) is 1. The molecule has 27 heavy (non-hydrogen) atoms. The number of nitrogens with zero attached hydrogens (tertiary/aromatic N) is 2. The Morgan fingerprint density at radius 3 is 2.37 bits per heavy atom. The molecule has 0 aliphatic heterocycles. The summed E-state index contributed by atoms with van der Waals surface area (Å²) in [6.45, 7) is 15.3. The van der Waals surface area contributed by atoms with Crippen LogP contribution in [0.15, 0.2) is 29.3 Å². The fourth-order valence-corrected chi connectivity index (χ4v) is 3.08. The van der Waals surface area contributed by atoms with Crippen LogP contribution in [0.2, 0.25) is 0 Å². The predicted molar refractivity (Wildman–Crippen MR) is 127 cm³/mol. The summed E-state index contributed by atoms with van der Waals surface area (Å²) in [5.74, 6) is 0.880. The maximum absolute atomic E-state index is 5.20. The third-order valence-corrected chi connectivity index (χ3v) is 4.28. The lowest BCUT2D eigenvalue weighted by atomic mass is 10.1. The molecular formula is C21H39IN4O. The van der Waals surface area contributed by atoms with E-state index in [0.717, 1.165) is 32.0 Å². The predicted octanol–water partition coefficient (Wildman–Crippen LogP) is 4.02. The molecule has 0 unspecified atom stereocenters. The molecule has 1 rings (SSSR count). The fraction of sp³-hybridized carbons (Fsp3) is 0.667. The summed E-state index contributed by atoms with van der Waals surface area (Å²) < 4.78 is 5.20. The molecule has 1 aromatic rings. The number of nitrogens with one attached hydrogen (secondary N) is 2. The lowest BCUT2D eigenvalue weighted by Gasteiger charge is -2.30. The van der Waals surface area contributed by atoms with E-state index >= 15 is 0 Å². The first kappa shape index (κ1) is 26.1. The van der Waals surface area contributed by atoms with Crippen molar-refractivity contribution in [2.45, 2.75) is 66.3 Å². The van der Waals surface area contributed by atoms with Crippen LogP contribution in [0.4, 0.5) is 0 Å². The van der Waals surface area contributed by atoms with Crippen molar-refractivity contribution >= 4 is 29.9 Å². The molecule has 0 aliphatic carbocycles. The average molecular weight is 490 g/mol. The maximum Gasteiger partial charge on any atom is 0.191 e. The van der Waals surface area contributed by atoms with Gasteiger partial charge in [-0.15, -0.1) is 24.0 Å². The highest BCUT2D eigenvalue weighted by Crippen LogP contribution is 2.08. The zero-order chi connectivity index (χ0) is 19.4. The second kappa shape index (κ2) is 15.1. The van der Waals surface area contributed by atoms with Crippen molar-refractivity contribution in [2.75, 3.05) is 26.7 Å². The van der Waals surface area contributed by atoms with Crippen molar-refractivity contribution in [1.29, 1.82) is 0 Å². The van der Waals surface area contributed by atoms with Gasteiger partial charge in [-0.3, -0.25) is 4.90 Å². The molecule has 1 aromatic carbocycles. The summed E-state index contributed by atoms with van der Waals surface area (Å²) in [6, 6.07) is 9.56. The maximum atomic E-state index is 5.20. The van der Waals surface area contributed by atoms with E-state index < -0.39 is 0 Å². The molecule has 5 nitrogen and oxygen atoms in total. The van der Waals surface area contributed by atoms with Gasteiger partial charge >= 0.3 is 0 Å². The fourth-order valence-electron chi connectivity index (χ4n) is 3.08. The molecule has 156 valence electrons. The lowest BCUT2D eigenvalue weighted by molar-refractivity contribution is 0.173. The van der Waals surface area contributed by atoms with Crippen LogP contribution >= 0.6 is 24.0 Å². The van der Waals surface area contributed by atoms with E-state index in [2.05, 4.69) is 74.4 Å². The minimum absolute atomic E-state index is 0. The molecule has 0 bridgehead atoms. The van der Waals surface area contributed by atoms with E-state index in [9.17, 15) is 0 Å². The minimum Gasteiger partial charge on any atom is -0.380 e. The number of halogens is 1. The Hall–Kier alpha value is -0.860. The molecule has 0 radical (unpaired) electrons. The number of rotatable bonds is 11. The van der Waals surface area contributed by atoms with Crippen molar-refractivity contribution in [3.63, 3.8) is 0 Å². The van der Waals surface area contributed by atoms with Gasteiger partial charge in [0.05, 0.1) is 13.2 Å². The highest BCUT2D eigenvalue weighted by molar-refractivity contribution is 14.0. The Labute approximate surface area is 183 Å². The summed E-state index contributed by atoms with van der Waals surface area (Å²) in [5.41, 5.74) is 2.38. The first-order valence-corrected chi connectivity index (χ1v) is 9.82. The van der Waals surface area contributed by atoms with Crippen molar-refractivity contribution in [3.05, 3.63) is 35.4 Å². The third kappa shape index (κ3) is 10.9. The van der Waals surface area contributed by atoms with Crippen molar-refractivity contribution in [2.24, 2.45) is 4.99 Å². The van der Waals surface area contributed by atoms with Gasteiger partial charge in [0.25, 0.3) is 0 Å². The lowest BCUT2D eigenvalue weighted by Crippen LogP contribution is -2.41. The monoisotopic (exact) mass is 490 g/mol. The highest BCUT2D eigenvalue weighted by atomic mass is 127. The number of methoxy groups -OCH3 is 1. The molecule has 0 fully saturated rings. The molecule has 0 saturated heterocycles. The van der Waals surface area contributed by atoms with Gasteiger partial charge in [0.1, 0.15) is 0 Å². The number of guanidine groups is 1. The Morgan fingerprint density at radius 2 is 1.78 bits per heavy atom. The molecule has 0 heterocycles. The number of aliphatic imine (C=N–C) groups is 1. The van der Waals surface area contributed by atoms with Crippen LogP contribution in [-0.4, -0.2) is 49.7 Å². The summed E-state index contributed by atoms with van der Waals surface area (Å²) in [7, 11) is 1.72. The van der Waals surface area contributed by atoms with Crippen LogP contribution in [-0.2, 0) is 17.9 Å². The molecule has 6 heteroatoms. The number of hydrogen-bond donors (Lipinski definition) is 2. The van der Waals surface area contributed by atoms with Gasteiger partial charge < -0.3 is 15.4 Å². The second-order valence-corrected chi connectivity index (χ2v) is 7.15. The Bertz CT molecular complexity index is 527. The smallest absolute Gasteiger partial charge is 0.191 e. The standard InChI is InChI=1S/C21H38N4O.HI/c1-7-22-21(23-12-9-13-25(17(2)3)18(4)5)24-15-19-10-8-11-20(14-19)16-26-6;/h8,10-11,14,17-18H,7,9,12-13,15-16H2,1-6H3,(H2,22,23,24);1H. The Morgan fingerprint density at radius 1 is 1.11 bits per heavy atom. The zero-order valence-corrected chi connectivity index (χ0v) is 20.2. The molecule has 0 saturated carbocycles. The van der Waals surface area contributed by atoms with Crippen LogP contribution < -0.4 is 10.6 Å². The van der Waals surface area contributed by atoms with Gasteiger partial charge in [-0.25, -0.2) is 4.99 Å². The summed E-state index contributed by atoms with van der Waals surface area (Å²) in [4.78, 5) is 7.23. The quantitative estimate of drug-likeness (QED) is 0.213. The largest absolute Gasteiger partial charge is 0.380 e. The van der Waals surface area contributed by atoms with E-state index in [0.29, 0.717) is 25.2 Å². The van der Waals surface area contributed by atoms with Gasteiger partial charge in [0.2, 0.25) is 0 Å². The average Bonchev–Trinajstić information content (AvgIpc) is 2.59. The van der Waals surface area contributed by atoms with Gasteiger partial charge in [-0.2, -0.15) is 0 Å². The van der Waals surface area contributed by atoms with E-state index in [1.807, 2.05) is 0 Å². The number of benzene rings is 1. The summed E-state index contributed by atoms with van der Waals surface area (Å²) >= 11 is 0. The van der Waals surface area contributed by atoms with Gasteiger partial charge in [-0.05, 0) is 52.2 Å². The SMILES string of the molecule is CCNC(=NCc1cccc(COC)c1)NCCCN(C(C)C)C(C)C.I. The number of hydrogen-bond acceptors (Lipinski definition) is 3. The first-order valence-electron chi connectivity index (χ1n) is 9.82. The summed E-state index contributed by atoms with van der Waals surface area (Å²) in [6.07, 6.45) is 1.10. The van der Waals surface area contributed by atoms with E-state index in [1.54, 1.807) is 7.11 Å². The molecule has 0 amide bonds. The topological polar surface area (TPSA) is 48.9 Å². The molecule has 0 aromatic heterocycles. The van der Waals surface area contributed by atoms with E-state index in [4.69, 9.17) is 9.73 Å². The molecule has 0 aliphatic rings. The third-order valence-electron chi connectivity index (χ3n) is 4.28. The first-order chi connectivity index (χ1) is 12.5. The highest BCUT2D eigenvalue weighted by Gasteiger charge is 2.12. The van der Waals surface area contributed by atoms with Crippen LogP contribution in [0, 0.1) is 0 Å². The van der Waals surface area contributed by atoms with E-state index in [-0.39, 0.29) is 24.0 Å². The van der Waals surface area contributed by atoms with Gasteiger partial charge in [-0.1, -0.05) is 24.3 Å². The molecule has 2 N–H and O–H groups in total. The zero-order valence-electron chi connectivity index (χ0n) is 17.9. The van der Waals surface area contributed by atoms with E-state index in [1.165, 1.54) is 11.1 Å². The van der Waals surface area contributed by atoms with Crippen LogP contribution in [0.25, 0.3) is 0 Å². The van der Waals surface area contributed by atoms with Crippen molar-refractivity contribution < 1.29 is 4.74 Å². The Balaban J connectivity index is 0.00000676. The Kier molecular flexibility index (Phi) is 14.6. The van der Waals surface area contributed by atoms with Crippen LogP contribution in [0.5, 0.6) is 0 Å². The van der Waals surface area contributed by atoms with Crippen LogP contribution in [0.1, 0.15) is 52.2 Å². The van der Waals surface area contributed by atoms with Gasteiger partial charge in [0, 0.05) is 38.8 Å². The minimum atomic E-state index is 0. The molecular weight excluding hydrogens is 451 g/mol. The normalized spacial score (nSPS) is 11.8. The molecule has 0 atom stereocenters. The summed E-state index contributed by atoms with van der Waals surface area (Å²) in [5, 5.41) is 6.78. The van der Waals surface area contributed by atoms with Crippen molar-refractivity contribution in [1.82, 2.24) is 15.5 Å². The van der Waals surface area contributed by atoms with Crippen molar-refractivity contribution in [3.8, 4) is 0 Å². The van der Waals surface area contributed by atoms with Crippen LogP contribution in [0.3, 0.4) is 0 Å².